The first-order valence-corrected chi connectivity index (χ1v) is 16.5. The Morgan fingerprint density at radius 3 is 1.63 bits per heavy atom. The first-order chi connectivity index (χ1) is 22.0. The van der Waals surface area contributed by atoms with E-state index < -0.39 is 0 Å². The monoisotopic (exact) mass is 630 g/mol. The number of hydrogen-bond donors (Lipinski definition) is 0. The average Bonchev–Trinajstić information content (AvgIpc) is 3.87. The van der Waals surface area contributed by atoms with Crippen LogP contribution in [0.2, 0.25) is 0 Å². The molecule has 4 heteroatoms. The lowest BCUT2D eigenvalue weighted by molar-refractivity contribution is 0.174. The molecule has 4 nitrogen and oxygen atoms in total. The molecular weight excluding hydrogens is 568 g/mol. The van der Waals surface area contributed by atoms with Gasteiger partial charge >= 0.3 is 0 Å². The Bertz CT molecular complexity index is 1370. The Labute approximate surface area is 281 Å². The summed E-state index contributed by atoms with van der Waals surface area (Å²) in [6.45, 7) is 25.5. The van der Waals surface area contributed by atoms with Crippen LogP contribution in [-0.4, -0.2) is 13.4 Å². The minimum absolute atomic E-state index is 0. The van der Waals surface area contributed by atoms with Crippen LogP contribution in [0.4, 0.5) is 0 Å². The number of hydrogen-bond acceptors (Lipinski definition) is 4. The smallest absolute Gasteiger partial charge is 0.231 e. The minimum Gasteiger partial charge on any atom is -0.493 e. The summed E-state index contributed by atoms with van der Waals surface area (Å²) >= 11 is 0. The van der Waals surface area contributed by atoms with Gasteiger partial charge in [0.15, 0.2) is 11.5 Å². The molecule has 0 aliphatic carbocycles. The molecule has 3 heterocycles. The van der Waals surface area contributed by atoms with Gasteiger partial charge in [0.05, 0.1) is 12.9 Å². The lowest BCUT2D eigenvalue weighted by Gasteiger charge is -1.97. The summed E-state index contributed by atoms with van der Waals surface area (Å²) < 4.78 is 20.8. The highest BCUT2D eigenvalue weighted by Gasteiger charge is 2.11. The van der Waals surface area contributed by atoms with Crippen molar-refractivity contribution in [2.24, 2.45) is 0 Å². The molecule has 0 fully saturated rings. The largest absolute Gasteiger partial charge is 0.493 e. The fraction of sp³-hybridized carbons (Fsp3) is 0.381. The van der Waals surface area contributed by atoms with E-state index in [0.29, 0.717) is 6.79 Å². The van der Waals surface area contributed by atoms with Crippen molar-refractivity contribution in [3.8, 4) is 17.2 Å². The van der Waals surface area contributed by atoms with E-state index in [9.17, 15) is 0 Å². The third-order valence-corrected chi connectivity index (χ3v) is 5.92. The molecule has 5 aromatic rings. The van der Waals surface area contributed by atoms with E-state index in [0.717, 1.165) is 35.9 Å². The van der Waals surface area contributed by atoms with Gasteiger partial charge < -0.3 is 18.6 Å². The zero-order valence-corrected chi connectivity index (χ0v) is 30.0. The van der Waals surface area contributed by atoms with Crippen molar-refractivity contribution < 1.29 is 18.6 Å². The maximum absolute atomic E-state index is 5.35. The molecule has 1 aromatic heterocycles. The van der Waals surface area contributed by atoms with E-state index in [1.807, 2.05) is 117 Å². The molecule has 0 atom stereocenters. The highest BCUT2D eigenvalue weighted by molar-refractivity contribution is 5.77. The second-order valence-corrected chi connectivity index (χ2v) is 9.18. The van der Waals surface area contributed by atoms with Crippen LogP contribution >= 0.6 is 0 Å². The molecule has 7 rings (SSSR count). The fourth-order valence-electron chi connectivity index (χ4n) is 3.94. The summed E-state index contributed by atoms with van der Waals surface area (Å²) in [5, 5.41) is 1.18. The van der Waals surface area contributed by atoms with E-state index in [1.165, 1.54) is 33.2 Å². The van der Waals surface area contributed by atoms with E-state index in [4.69, 9.17) is 18.6 Å². The molecule has 0 radical (unpaired) electrons. The average molecular weight is 631 g/mol. The fourth-order valence-corrected chi connectivity index (χ4v) is 3.94. The number of furan rings is 1. The second kappa shape index (κ2) is 27.2. The predicted octanol–water partition coefficient (Wildman–Crippen LogP) is 13.1. The molecule has 0 unspecified atom stereocenters. The predicted molar refractivity (Wildman–Crippen MR) is 202 cm³/mol. The van der Waals surface area contributed by atoms with Gasteiger partial charge in [0.2, 0.25) is 6.79 Å². The van der Waals surface area contributed by atoms with Crippen LogP contribution in [0.25, 0.3) is 11.0 Å². The Morgan fingerprint density at radius 2 is 1.02 bits per heavy atom. The summed E-state index contributed by atoms with van der Waals surface area (Å²) in [6.07, 6.45) is 2.79. The van der Waals surface area contributed by atoms with Crippen LogP contribution in [-0.2, 0) is 6.42 Å². The van der Waals surface area contributed by atoms with Crippen molar-refractivity contribution >= 4 is 11.0 Å². The number of aryl methyl sites for hydroxylation is 4. The van der Waals surface area contributed by atoms with Crippen molar-refractivity contribution in [2.75, 3.05) is 13.4 Å². The molecule has 0 saturated heterocycles. The van der Waals surface area contributed by atoms with E-state index in [1.54, 1.807) is 6.26 Å². The topological polar surface area (TPSA) is 40.8 Å². The molecule has 4 aromatic carbocycles. The molecule has 0 amide bonds. The number of benzene rings is 4. The normalized spacial score (nSPS) is 10.3. The third kappa shape index (κ3) is 16.2. The van der Waals surface area contributed by atoms with Gasteiger partial charge in [-0.2, -0.15) is 0 Å². The van der Waals surface area contributed by atoms with Crippen LogP contribution in [0.5, 0.6) is 17.2 Å². The molecular formula is C42H62O4. The zero-order chi connectivity index (χ0) is 34.0. The van der Waals surface area contributed by atoms with Crippen molar-refractivity contribution in [3.05, 3.63) is 125 Å². The highest BCUT2D eigenvalue weighted by Crippen LogP contribution is 2.32. The van der Waals surface area contributed by atoms with Crippen molar-refractivity contribution in [1.82, 2.24) is 0 Å². The van der Waals surface area contributed by atoms with Gasteiger partial charge in [-0.1, -0.05) is 134 Å². The summed E-state index contributed by atoms with van der Waals surface area (Å²) in [5.74, 6) is 2.79. The molecule has 2 aliphatic rings. The lowest BCUT2D eigenvalue weighted by Crippen LogP contribution is -1.92. The molecule has 0 N–H and O–H groups in total. The van der Waals surface area contributed by atoms with Gasteiger partial charge in [0.1, 0.15) is 11.3 Å². The van der Waals surface area contributed by atoms with E-state index in [2.05, 4.69) is 57.2 Å². The Morgan fingerprint density at radius 1 is 0.478 bits per heavy atom. The second-order valence-electron chi connectivity index (χ2n) is 9.18. The van der Waals surface area contributed by atoms with Gasteiger partial charge in [-0.15, -0.1) is 0 Å². The van der Waals surface area contributed by atoms with Gasteiger partial charge in [-0.3, -0.25) is 0 Å². The summed E-state index contributed by atoms with van der Waals surface area (Å²) in [7, 11) is 0. The SMILES string of the molecule is C.CC.CC.CC.CC.Cc1ccc2c(c1)CCO2.Cc1ccc2c(c1)OCO2.Cc1ccc2occc2c1.Cc1ccccc1. The first-order valence-electron chi connectivity index (χ1n) is 16.5. The molecule has 0 spiro atoms. The summed E-state index contributed by atoms with van der Waals surface area (Å²) in [4.78, 5) is 0. The Hall–Kier alpha value is -4.18. The molecule has 254 valence electrons. The van der Waals surface area contributed by atoms with E-state index >= 15 is 0 Å². The van der Waals surface area contributed by atoms with Crippen LogP contribution < -0.4 is 14.2 Å². The molecule has 0 saturated carbocycles. The van der Waals surface area contributed by atoms with Crippen molar-refractivity contribution in [1.29, 1.82) is 0 Å². The minimum atomic E-state index is 0. The van der Waals surface area contributed by atoms with Gasteiger partial charge in [-0.05, 0) is 75.2 Å². The van der Waals surface area contributed by atoms with Crippen LogP contribution in [0, 0.1) is 27.7 Å². The van der Waals surface area contributed by atoms with Crippen LogP contribution in [0.1, 0.15) is 90.6 Å². The van der Waals surface area contributed by atoms with Gasteiger partial charge in [-0.25, -0.2) is 0 Å². The van der Waals surface area contributed by atoms with Crippen LogP contribution in [0.15, 0.2) is 102 Å². The van der Waals surface area contributed by atoms with Gasteiger partial charge in [0, 0.05) is 11.8 Å². The number of ether oxygens (including phenoxy) is 3. The first kappa shape index (κ1) is 43.9. The van der Waals surface area contributed by atoms with E-state index in [-0.39, 0.29) is 7.43 Å². The number of fused-ring (bicyclic) bond motifs is 3. The highest BCUT2D eigenvalue weighted by atomic mass is 16.7. The summed E-state index contributed by atoms with van der Waals surface area (Å²) in [5.41, 5.74) is 7.44. The number of rotatable bonds is 0. The molecule has 2 aliphatic heterocycles. The standard InChI is InChI=1S/C9H10O.C9H8O.C8H8O2.C7H8.4C2H6.CH4/c2*1-7-2-3-9-8(6-7)4-5-10-9;1-6-2-3-7-8(4-6)10-5-9-7;1-7-5-3-2-4-6-7;4*1-2;/h2-3,6H,4-5H2,1H3;2-6H,1H3;2-4H,5H2,1H3;2-6H,1H3;4*1-2H3;1H4. The maximum atomic E-state index is 5.35. The third-order valence-electron chi connectivity index (χ3n) is 5.92. The summed E-state index contributed by atoms with van der Waals surface area (Å²) in [6, 6.07) is 30.6. The van der Waals surface area contributed by atoms with Crippen molar-refractivity contribution in [3.63, 3.8) is 0 Å². The van der Waals surface area contributed by atoms with Crippen molar-refractivity contribution in [2.45, 2.75) is 96.9 Å². The van der Waals surface area contributed by atoms with Gasteiger partial charge in [0.25, 0.3) is 0 Å². The zero-order valence-electron chi connectivity index (χ0n) is 30.0. The Kier molecular flexibility index (Phi) is 25.9. The van der Waals surface area contributed by atoms with Crippen LogP contribution in [0.3, 0.4) is 0 Å². The molecule has 0 bridgehead atoms. The lowest BCUT2D eigenvalue weighted by atomic mass is 10.1. The maximum Gasteiger partial charge on any atom is 0.231 e. The Balaban J connectivity index is 0. The quantitative estimate of drug-likeness (QED) is 0.171. The molecule has 46 heavy (non-hydrogen) atoms.